The fourth-order valence-electron chi connectivity index (χ4n) is 0.309. The van der Waals surface area contributed by atoms with Gasteiger partial charge in [0.2, 0.25) is 0 Å². The van der Waals surface area contributed by atoms with E-state index in [9.17, 15) is 4.79 Å². The molecule has 0 aliphatic rings. The van der Waals surface area contributed by atoms with Crippen molar-refractivity contribution in [1.29, 1.82) is 0 Å². The maximum absolute atomic E-state index is 9.86. The smallest absolute Gasteiger partial charge is 0.264 e. The zero-order valence-electron chi connectivity index (χ0n) is 4.94. The summed E-state index contributed by atoms with van der Waals surface area (Å²) in [6.45, 7) is 2.47. The fourth-order valence-corrected chi connectivity index (χ4v) is 0.309. The van der Waals surface area contributed by atoms with Gasteiger partial charge in [0.05, 0.1) is 0 Å². The van der Waals surface area contributed by atoms with Crippen molar-refractivity contribution in [3.63, 3.8) is 0 Å². The first-order valence-electron chi connectivity index (χ1n) is 2.59. The molecule has 0 saturated heterocycles. The summed E-state index contributed by atoms with van der Waals surface area (Å²) in [7, 11) is 0. The lowest BCUT2D eigenvalue weighted by atomic mass is 10.5. The molecule has 0 fully saturated rings. The Hall–Kier alpha value is -0.570. The Labute approximate surface area is 48.8 Å². The largest absolute Gasteiger partial charge is 0.372 e. The van der Waals surface area contributed by atoms with Crippen LogP contribution in [0.4, 0.5) is 0 Å². The van der Waals surface area contributed by atoms with E-state index in [2.05, 4.69) is 0 Å². The van der Waals surface area contributed by atoms with E-state index in [1.807, 2.05) is 6.92 Å². The Balaban J connectivity index is 2.82. The molecule has 0 aromatic rings. The first-order chi connectivity index (χ1) is 3.77. The van der Waals surface area contributed by atoms with Gasteiger partial charge >= 0.3 is 0 Å². The monoisotopic (exact) mass is 116 g/mol. The number of rotatable bonds is 4. The normalized spacial score (nSPS) is 9.12. The van der Waals surface area contributed by atoms with Crippen molar-refractivity contribution in [2.75, 3.05) is 13.2 Å². The molecule has 0 aromatic heterocycles. The third-order valence-corrected chi connectivity index (χ3v) is 0.582. The molecule has 3 heteroatoms. The number of hydrogen-bond donors (Lipinski definition) is 0. The zero-order chi connectivity index (χ0) is 6.41. The van der Waals surface area contributed by atoms with Crippen molar-refractivity contribution in [3.8, 4) is 0 Å². The number of carbonyl (C=O) groups is 1. The number of amides is 1. The van der Waals surface area contributed by atoms with Crippen molar-refractivity contribution < 1.29 is 9.53 Å². The fraction of sp³-hybridized carbons (Fsp3) is 0.800. The van der Waals surface area contributed by atoms with Crippen LogP contribution in [0.15, 0.2) is 0 Å². The van der Waals surface area contributed by atoms with Gasteiger partial charge in [-0.2, -0.15) is 0 Å². The Bertz CT molecular complexity index is 72.8. The zero-order valence-corrected chi connectivity index (χ0v) is 4.94. The molecule has 0 rings (SSSR count). The minimum absolute atomic E-state index is 0.0617. The van der Waals surface area contributed by atoms with Gasteiger partial charge < -0.3 is 4.74 Å². The van der Waals surface area contributed by atoms with Crippen LogP contribution in [0.5, 0.6) is 0 Å². The summed E-state index contributed by atoms with van der Waals surface area (Å²) >= 11 is 0. The molecule has 0 heterocycles. The highest BCUT2D eigenvalue weighted by atomic mass is 16.5. The second-order valence-corrected chi connectivity index (χ2v) is 1.48. The minimum Gasteiger partial charge on any atom is -0.372 e. The molecule has 0 aliphatic heterocycles. The molecule has 8 heavy (non-hydrogen) atoms. The molecular formula is C5H10NO2. The van der Waals surface area contributed by atoms with Crippen LogP contribution in [0.25, 0.3) is 0 Å². The first-order valence-corrected chi connectivity index (χ1v) is 2.59. The van der Waals surface area contributed by atoms with Gasteiger partial charge in [0.15, 0.2) is 0 Å². The molecule has 0 unspecified atom stereocenters. The number of ether oxygens (including phenoxy) is 1. The van der Waals surface area contributed by atoms with E-state index in [4.69, 9.17) is 10.5 Å². The molecule has 0 atom stereocenters. The van der Waals surface area contributed by atoms with E-state index < -0.39 is 5.91 Å². The summed E-state index contributed by atoms with van der Waals surface area (Å²) in [5, 5.41) is 0. The van der Waals surface area contributed by atoms with E-state index in [1.54, 1.807) is 0 Å². The molecule has 0 saturated carbocycles. The highest BCUT2D eigenvalue weighted by Crippen LogP contribution is 1.77. The molecule has 0 bridgehead atoms. The molecule has 1 radical (unpaired) electrons. The van der Waals surface area contributed by atoms with Crippen LogP contribution in [0.2, 0.25) is 0 Å². The standard InChI is InChI=1S/C5H10NO2/c1-2-3-8-4-5(6)7/h6H,2-4H2,1H3. The summed E-state index contributed by atoms with van der Waals surface area (Å²) in [6.07, 6.45) is 0.896. The SMILES string of the molecule is CCCOCC([NH])=O. The van der Waals surface area contributed by atoms with Crippen LogP contribution in [-0.2, 0) is 9.53 Å². The molecule has 47 valence electrons. The molecule has 1 amide bonds. The average Bonchev–Trinajstić information content (AvgIpc) is 1.66. The van der Waals surface area contributed by atoms with Gasteiger partial charge in [0, 0.05) is 6.61 Å². The number of carbonyl (C=O) groups excluding carboxylic acids is 1. The van der Waals surface area contributed by atoms with Gasteiger partial charge in [-0.1, -0.05) is 6.92 Å². The van der Waals surface area contributed by atoms with Crippen LogP contribution in [-0.4, -0.2) is 19.1 Å². The highest BCUT2D eigenvalue weighted by molar-refractivity contribution is 5.74. The number of hydrogen-bond acceptors (Lipinski definition) is 2. The van der Waals surface area contributed by atoms with E-state index in [0.717, 1.165) is 6.42 Å². The van der Waals surface area contributed by atoms with Crippen LogP contribution < -0.4 is 5.73 Å². The lowest BCUT2D eigenvalue weighted by molar-refractivity contribution is -0.123. The van der Waals surface area contributed by atoms with Crippen molar-refractivity contribution in [3.05, 3.63) is 0 Å². The van der Waals surface area contributed by atoms with Crippen molar-refractivity contribution in [2.45, 2.75) is 13.3 Å². The summed E-state index contributed by atoms with van der Waals surface area (Å²) in [6, 6.07) is 0. The predicted molar refractivity (Wildman–Crippen MR) is 29.2 cm³/mol. The van der Waals surface area contributed by atoms with Crippen molar-refractivity contribution in [1.82, 2.24) is 5.73 Å². The third kappa shape index (κ3) is 5.43. The maximum Gasteiger partial charge on any atom is 0.264 e. The van der Waals surface area contributed by atoms with Gasteiger partial charge in [-0.05, 0) is 6.42 Å². The van der Waals surface area contributed by atoms with Crippen LogP contribution >= 0.6 is 0 Å². The Morgan fingerprint density at radius 3 is 2.75 bits per heavy atom. The topological polar surface area (TPSA) is 50.1 Å². The van der Waals surface area contributed by atoms with Crippen LogP contribution in [0.1, 0.15) is 13.3 Å². The molecule has 0 aromatic carbocycles. The van der Waals surface area contributed by atoms with Crippen LogP contribution in [0.3, 0.4) is 0 Å². The maximum atomic E-state index is 9.86. The molecule has 0 aliphatic carbocycles. The average molecular weight is 116 g/mol. The highest BCUT2D eigenvalue weighted by Gasteiger charge is 1.90. The third-order valence-electron chi connectivity index (χ3n) is 0.582. The van der Waals surface area contributed by atoms with Crippen molar-refractivity contribution in [2.24, 2.45) is 0 Å². The lowest BCUT2D eigenvalue weighted by Gasteiger charge is -1.94. The first kappa shape index (κ1) is 7.43. The second kappa shape index (κ2) is 4.59. The molecule has 3 nitrogen and oxygen atoms in total. The van der Waals surface area contributed by atoms with Gasteiger partial charge in [-0.15, -0.1) is 0 Å². The summed E-state index contributed by atoms with van der Waals surface area (Å²) < 4.78 is 4.71. The summed E-state index contributed by atoms with van der Waals surface area (Å²) in [5.74, 6) is -0.654. The van der Waals surface area contributed by atoms with E-state index in [-0.39, 0.29) is 6.61 Å². The lowest BCUT2D eigenvalue weighted by Crippen LogP contribution is -2.08. The Morgan fingerprint density at radius 1 is 1.75 bits per heavy atom. The van der Waals surface area contributed by atoms with Crippen molar-refractivity contribution >= 4 is 5.91 Å². The van der Waals surface area contributed by atoms with E-state index in [0.29, 0.717) is 6.61 Å². The van der Waals surface area contributed by atoms with Gasteiger partial charge in [-0.25, -0.2) is 0 Å². The van der Waals surface area contributed by atoms with Gasteiger partial charge in [0.25, 0.3) is 5.91 Å². The molecular weight excluding hydrogens is 106 g/mol. The Kier molecular flexibility index (Phi) is 4.26. The van der Waals surface area contributed by atoms with E-state index >= 15 is 0 Å². The second-order valence-electron chi connectivity index (χ2n) is 1.48. The molecule has 0 spiro atoms. The van der Waals surface area contributed by atoms with Gasteiger partial charge in [0.1, 0.15) is 6.61 Å². The number of nitrogens with one attached hydrogen (secondary N) is 1. The minimum atomic E-state index is -0.654. The summed E-state index contributed by atoms with van der Waals surface area (Å²) in [5.41, 5.74) is 6.39. The van der Waals surface area contributed by atoms with Crippen LogP contribution in [0, 0.1) is 0 Å². The molecule has 1 N–H and O–H groups in total. The van der Waals surface area contributed by atoms with E-state index in [1.165, 1.54) is 0 Å². The predicted octanol–water partition coefficient (Wildman–Crippen LogP) is 0.222. The Morgan fingerprint density at radius 2 is 2.38 bits per heavy atom. The summed E-state index contributed by atoms with van der Waals surface area (Å²) in [4.78, 5) is 9.86. The van der Waals surface area contributed by atoms with Gasteiger partial charge in [-0.3, -0.25) is 10.5 Å². The quantitative estimate of drug-likeness (QED) is 0.493.